The summed E-state index contributed by atoms with van der Waals surface area (Å²) in [5.74, 6) is 0.955. The molecule has 5 nitrogen and oxygen atoms in total. The molecule has 1 aliphatic rings. The first-order valence-electron chi connectivity index (χ1n) is 9.53. The fraction of sp³-hybridized carbons (Fsp3) is 0.632. The lowest BCUT2D eigenvalue weighted by molar-refractivity contribution is 0.470. The molecule has 0 bridgehead atoms. The molecule has 0 fully saturated rings. The molecule has 0 aliphatic heterocycles. The number of fused-ring (bicyclic) bond motifs is 1. The Hall–Kier alpha value is -1.47. The van der Waals surface area contributed by atoms with Crippen LogP contribution in [0.2, 0.25) is 0 Å². The molecule has 0 radical (unpaired) electrons. The van der Waals surface area contributed by atoms with Crippen LogP contribution in [-0.4, -0.2) is 41.0 Å². The summed E-state index contributed by atoms with van der Waals surface area (Å²) >= 11 is 3.62. The van der Waals surface area contributed by atoms with E-state index in [0.717, 1.165) is 49.1 Å². The van der Waals surface area contributed by atoms with E-state index < -0.39 is 0 Å². The van der Waals surface area contributed by atoms with Crippen LogP contribution in [-0.2, 0) is 25.8 Å². The monoisotopic (exact) mass is 391 g/mol. The van der Waals surface area contributed by atoms with E-state index in [1.807, 2.05) is 18.3 Å². The lowest BCUT2D eigenvalue weighted by atomic mass is 10.0. The first-order chi connectivity index (χ1) is 12.7. The molecular weight excluding hydrogens is 362 g/mol. The summed E-state index contributed by atoms with van der Waals surface area (Å²) in [7, 11) is 2.07. The van der Waals surface area contributed by atoms with Gasteiger partial charge in [0, 0.05) is 36.8 Å². The van der Waals surface area contributed by atoms with Crippen LogP contribution in [0.4, 0.5) is 0 Å². The van der Waals surface area contributed by atoms with Crippen molar-refractivity contribution in [1.82, 2.24) is 20.2 Å². The molecule has 2 aromatic rings. The van der Waals surface area contributed by atoms with Gasteiger partial charge in [-0.1, -0.05) is 0 Å². The average molecular weight is 392 g/mol. The van der Waals surface area contributed by atoms with Gasteiger partial charge in [0.1, 0.15) is 0 Å². The summed E-state index contributed by atoms with van der Waals surface area (Å²) < 4.78 is 0. The highest BCUT2D eigenvalue weighted by Crippen LogP contribution is 2.27. The minimum atomic E-state index is 0.787. The zero-order chi connectivity index (χ0) is 18.4. The number of aliphatic imine (C=N–C) groups is 1. The van der Waals surface area contributed by atoms with Crippen LogP contribution in [0.3, 0.4) is 0 Å². The molecule has 0 spiro atoms. The average Bonchev–Trinajstić information content (AvgIpc) is 3.23. The molecule has 0 amide bonds. The van der Waals surface area contributed by atoms with Gasteiger partial charge in [0.15, 0.2) is 5.96 Å². The van der Waals surface area contributed by atoms with Gasteiger partial charge in [-0.2, -0.15) is 0 Å². The molecular formula is C19H29N5S2. The molecule has 2 aromatic heterocycles. The van der Waals surface area contributed by atoms with E-state index in [0.29, 0.717) is 0 Å². The molecule has 0 saturated heterocycles. The van der Waals surface area contributed by atoms with Crippen LogP contribution in [0.15, 0.2) is 10.4 Å². The zero-order valence-corrected chi connectivity index (χ0v) is 17.7. The molecule has 0 atom stereocenters. The maximum atomic E-state index is 4.83. The Morgan fingerprint density at radius 1 is 1.31 bits per heavy atom. The summed E-state index contributed by atoms with van der Waals surface area (Å²) in [5.41, 5.74) is 2.47. The minimum Gasteiger partial charge on any atom is -0.357 e. The van der Waals surface area contributed by atoms with Crippen LogP contribution < -0.4 is 5.32 Å². The maximum absolute atomic E-state index is 4.83. The molecule has 2 heterocycles. The Bertz CT molecular complexity index is 711. The first kappa shape index (κ1) is 19.3. The fourth-order valence-corrected chi connectivity index (χ4v) is 5.00. The third-order valence-electron chi connectivity index (χ3n) is 4.46. The van der Waals surface area contributed by atoms with Gasteiger partial charge in [-0.15, -0.1) is 22.7 Å². The third kappa shape index (κ3) is 5.27. The number of nitrogens with zero attached hydrogens (tertiary/aromatic N) is 4. The molecule has 3 rings (SSSR count). The van der Waals surface area contributed by atoms with Crippen LogP contribution in [0.5, 0.6) is 0 Å². The van der Waals surface area contributed by atoms with E-state index in [-0.39, 0.29) is 0 Å². The SMILES string of the molecule is CCNC(=NCCCc1nc2c(s1)CCCC2)N(C)Cc1csc(C)n1. The molecule has 0 saturated carbocycles. The van der Waals surface area contributed by atoms with Gasteiger partial charge in [-0.05, 0) is 46.0 Å². The summed E-state index contributed by atoms with van der Waals surface area (Å²) in [5, 5.41) is 7.92. The molecule has 142 valence electrons. The molecule has 1 aliphatic carbocycles. The molecule has 7 heteroatoms. The van der Waals surface area contributed by atoms with Gasteiger partial charge in [0.25, 0.3) is 0 Å². The standard InChI is InChI=1S/C19H29N5S2/c1-4-20-19(24(3)12-15-13-25-14(2)22-15)21-11-7-10-18-23-16-8-5-6-9-17(16)26-18/h13H,4-12H2,1-3H3,(H,20,21). The zero-order valence-electron chi connectivity index (χ0n) is 16.0. The van der Waals surface area contributed by atoms with Crippen molar-refractivity contribution < 1.29 is 0 Å². The molecule has 26 heavy (non-hydrogen) atoms. The Morgan fingerprint density at radius 3 is 2.88 bits per heavy atom. The highest BCUT2D eigenvalue weighted by atomic mass is 32.1. The highest BCUT2D eigenvalue weighted by molar-refractivity contribution is 7.11. The van der Waals surface area contributed by atoms with Gasteiger partial charge in [0.2, 0.25) is 0 Å². The normalized spacial score (nSPS) is 14.3. The Balaban J connectivity index is 1.51. The maximum Gasteiger partial charge on any atom is 0.194 e. The van der Waals surface area contributed by atoms with Gasteiger partial charge in [-0.25, -0.2) is 9.97 Å². The summed E-state index contributed by atoms with van der Waals surface area (Å²) in [4.78, 5) is 17.9. The number of aryl methyl sites for hydroxylation is 4. The number of rotatable bonds is 7. The van der Waals surface area contributed by atoms with Gasteiger partial charge in [-0.3, -0.25) is 4.99 Å². The smallest absolute Gasteiger partial charge is 0.194 e. The predicted octanol–water partition coefficient (Wildman–Crippen LogP) is 3.82. The second kappa shape index (κ2) is 9.46. The van der Waals surface area contributed by atoms with Crippen molar-refractivity contribution in [3.63, 3.8) is 0 Å². The van der Waals surface area contributed by atoms with Gasteiger partial charge < -0.3 is 10.2 Å². The first-order valence-corrected chi connectivity index (χ1v) is 11.2. The number of hydrogen-bond donors (Lipinski definition) is 1. The van der Waals surface area contributed by atoms with Crippen molar-refractivity contribution in [2.24, 2.45) is 4.99 Å². The Labute approximate surface area is 164 Å². The minimum absolute atomic E-state index is 0.787. The summed E-state index contributed by atoms with van der Waals surface area (Å²) in [6.45, 7) is 6.64. The Morgan fingerprint density at radius 2 is 2.15 bits per heavy atom. The van der Waals surface area contributed by atoms with Crippen LogP contribution >= 0.6 is 22.7 Å². The summed E-state index contributed by atoms with van der Waals surface area (Å²) in [6, 6.07) is 0. The van der Waals surface area contributed by atoms with E-state index >= 15 is 0 Å². The number of hydrogen-bond acceptors (Lipinski definition) is 5. The second-order valence-corrected chi connectivity index (χ2v) is 8.97. The number of nitrogens with one attached hydrogen (secondary N) is 1. The molecule has 0 aromatic carbocycles. The topological polar surface area (TPSA) is 53.4 Å². The van der Waals surface area contributed by atoms with Crippen LogP contribution in [0.25, 0.3) is 0 Å². The Kier molecular flexibility index (Phi) is 7.02. The lowest BCUT2D eigenvalue weighted by Crippen LogP contribution is -2.38. The quantitative estimate of drug-likeness (QED) is 0.443. The van der Waals surface area contributed by atoms with Crippen molar-refractivity contribution in [1.29, 1.82) is 0 Å². The molecule has 1 N–H and O–H groups in total. The van der Waals surface area contributed by atoms with Gasteiger partial charge in [0.05, 0.1) is 27.9 Å². The highest BCUT2D eigenvalue weighted by Gasteiger charge is 2.14. The van der Waals surface area contributed by atoms with Gasteiger partial charge >= 0.3 is 0 Å². The van der Waals surface area contributed by atoms with E-state index in [4.69, 9.17) is 9.98 Å². The van der Waals surface area contributed by atoms with E-state index in [1.54, 1.807) is 11.3 Å². The number of thiazole rings is 2. The van der Waals surface area contributed by atoms with Crippen LogP contribution in [0, 0.1) is 6.92 Å². The lowest BCUT2D eigenvalue weighted by Gasteiger charge is -2.21. The molecule has 0 unspecified atom stereocenters. The largest absolute Gasteiger partial charge is 0.357 e. The van der Waals surface area contributed by atoms with Crippen LogP contribution in [0.1, 0.15) is 52.5 Å². The fourth-order valence-electron chi connectivity index (χ4n) is 3.20. The van der Waals surface area contributed by atoms with Crippen molar-refractivity contribution in [3.05, 3.63) is 31.7 Å². The van der Waals surface area contributed by atoms with Crippen molar-refractivity contribution in [3.8, 4) is 0 Å². The van der Waals surface area contributed by atoms with E-state index in [9.17, 15) is 0 Å². The third-order valence-corrected chi connectivity index (χ3v) is 6.50. The van der Waals surface area contributed by atoms with Crippen molar-refractivity contribution in [2.45, 2.75) is 58.9 Å². The summed E-state index contributed by atoms with van der Waals surface area (Å²) in [6.07, 6.45) is 7.12. The van der Waals surface area contributed by atoms with Crippen molar-refractivity contribution in [2.75, 3.05) is 20.1 Å². The predicted molar refractivity (Wildman–Crippen MR) is 111 cm³/mol. The second-order valence-electron chi connectivity index (χ2n) is 6.74. The van der Waals surface area contributed by atoms with E-state index in [2.05, 4.69) is 34.6 Å². The number of guanidine groups is 1. The van der Waals surface area contributed by atoms with E-state index in [1.165, 1.54) is 41.3 Å². The van der Waals surface area contributed by atoms with Crippen molar-refractivity contribution >= 4 is 28.6 Å². The number of aromatic nitrogens is 2.